The molecule has 8 heteroatoms. The van der Waals surface area contributed by atoms with Crippen molar-refractivity contribution in [2.75, 3.05) is 6.54 Å². The van der Waals surface area contributed by atoms with E-state index in [1.54, 1.807) is 17.0 Å². The first-order chi connectivity index (χ1) is 10.1. The molecular formula is C13H13N5O3. The third-order valence-electron chi connectivity index (χ3n) is 3.54. The molecule has 0 radical (unpaired) electrons. The molecule has 8 nitrogen and oxygen atoms in total. The second kappa shape index (κ2) is 5.31. The summed E-state index contributed by atoms with van der Waals surface area (Å²) in [6.07, 6.45) is 1.93. The zero-order chi connectivity index (χ0) is 14.8. The lowest BCUT2D eigenvalue weighted by atomic mass is 9.94. The molecule has 1 aliphatic rings. The van der Waals surface area contributed by atoms with E-state index in [9.17, 15) is 14.7 Å². The summed E-state index contributed by atoms with van der Waals surface area (Å²) in [6, 6.07) is 5.16. The Morgan fingerprint density at radius 2 is 2.19 bits per heavy atom. The number of carbonyl (C=O) groups excluding carboxylic acids is 1. The van der Waals surface area contributed by atoms with Gasteiger partial charge in [-0.1, -0.05) is 12.1 Å². The number of carbonyl (C=O) groups is 2. The topological polar surface area (TPSA) is 101 Å². The fraction of sp³-hybridized carbons (Fsp3) is 0.308. The number of tetrazole rings is 1. The van der Waals surface area contributed by atoms with Crippen LogP contribution in [0, 0.1) is 0 Å². The van der Waals surface area contributed by atoms with Crippen molar-refractivity contribution in [3.05, 3.63) is 41.2 Å². The molecule has 0 aliphatic carbocycles. The summed E-state index contributed by atoms with van der Waals surface area (Å²) in [6.45, 7) is 0.997. The molecule has 1 aliphatic heterocycles. The lowest BCUT2D eigenvalue weighted by molar-refractivity contribution is -0.133. The number of aromatic nitrogens is 4. The smallest absolute Gasteiger partial charge is 0.335 e. The van der Waals surface area contributed by atoms with Gasteiger partial charge in [0.2, 0.25) is 5.91 Å². The van der Waals surface area contributed by atoms with Crippen molar-refractivity contribution < 1.29 is 14.7 Å². The minimum Gasteiger partial charge on any atom is -0.478 e. The van der Waals surface area contributed by atoms with Crippen LogP contribution in [-0.2, 0) is 24.3 Å². The van der Waals surface area contributed by atoms with Gasteiger partial charge in [-0.3, -0.25) is 4.79 Å². The third-order valence-corrected chi connectivity index (χ3v) is 3.54. The molecule has 1 amide bonds. The maximum atomic E-state index is 12.2. The Labute approximate surface area is 120 Å². The maximum Gasteiger partial charge on any atom is 0.335 e. The summed E-state index contributed by atoms with van der Waals surface area (Å²) in [4.78, 5) is 25.1. The van der Waals surface area contributed by atoms with E-state index in [-0.39, 0.29) is 12.5 Å². The molecule has 21 heavy (non-hydrogen) atoms. The normalized spacial score (nSPS) is 13.8. The van der Waals surface area contributed by atoms with Crippen LogP contribution in [0.25, 0.3) is 0 Å². The summed E-state index contributed by atoms with van der Waals surface area (Å²) in [7, 11) is 0. The number of hydrogen-bond donors (Lipinski definition) is 1. The molecule has 2 aromatic rings. The highest BCUT2D eigenvalue weighted by molar-refractivity contribution is 5.90. The van der Waals surface area contributed by atoms with Gasteiger partial charge in [-0.05, 0) is 34.0 Å². The first-order valence-electron chi connectivity index (χ1n) is 6.48. The van der Waals surface area contributed by atoms with Gasteiger partial charge in [0.05, 0.1) is 5.56 Å². The van der Waals surface area contributed by atoms with Crippen LogP contribution in [0.3, 0.4) is 0 Å². The number of carboxylic acids is 1. The van der Waals surface area contributed by atoms with E-state index in [1.807, 2.05) is 6.07 Å². The molecule has 0 spiro atoms. The van der Waals surface area contributed by atoms with Gasteiger partial charge in [0.15, 0.2) is 0 Å². The van der Waals surface area contributed by atoms with E-state index in [4.69, 9.17) is 0 Å². The molecule has 2 heterocycles. The SMILES string of the molecule is O=C(O)c1cccc2c1CCN(C(=O)Cn1cnnn1)C2. The molecule has 1 N–H and O–H groups in total. The van der Waals surface area contributed by atoms with Gasteiger partial charge in [-0.25, -0.2) is 9.48 Å². The monoisotopic (exact) mass is 287 g/mol. The van der Waals surface area contributed by atoms with E-state index >= 15 is 0 Å². The lowest BCUT2D eigenvalue weighted by Gasteiger charge is -2.29. The van der Waals surface area contributed by atoms with Crippen molar-refractivity contribution in [2.45, 2.75) is 19.5 Å². The Bertz CT molecular complexity index is 683. The van der Waals surface area contributed by atoms with Crippen LogP contribution in [0.5, 0.6) is 0 Å². The summed E-state index contributed by atoms with van der Waals surface area (Å²) in [5, 5.41) is 19.8. The van der Waals surface area contributed by atoms with Gasteiger partial charge in [-0.15, -0.1) is 5.10 Å². The number of hydrogen-bond acceptors (Lipinski definition) is 5. The third kappa shape index (κ3) is 2.60. The number of carboxylic acid groups (broad SMARTS) is 1. The van der Waals surface area contributed by atoms with Crippen LogP contribution in [0.4, 0.5) is 0 Å². The second-order valence-electron chi connectivity index (χ2n) is 4.82. The predicted octanol–water partition coefficient (Wildman–Crippen LogP) is -0.0438. The average Bonchev–Trinajstić information content (AvgIpc) is 2.98. The van der Waals surface area contributed by atoms with E-state index in [0.29, 0.717) is 25.1 Å². The van der Waals surface area contributed by atoms with Crippen molar-refractivity contribution >= 4 is 11.9 Å². The zero-order valence-corrected chi connectivity index (χ0v) is 11.1. The van der Waals surface area contributed by atoms with Crippen molar-refractivity contribution in [3.8, 4) is 0 Å². The minimum absolute atomic E-state index is 0.0843. The molecule has 0 unspecified atom stereocenters. The Morgan fingerprint density at radius 1 is 1.33 bits per heavy atom. The molecule has 1 aromatic heterocycles. The molecule has 0 saturated heterocycles. The summed E-state index contributed by atoms with van der Waals surface area (Å²) in [5.74, 6) is -1.02. The van der Waals surface area contributed by atoms with Gasteiger partial charge < -0.3 is 10.0 Å². The summed E-state index contributed by atoms with van der Waals surface area (Å²) in [5.41, 5.74) is 2.02. The van der Waals surface area contributed by atoms with E-state index in [0.717, 1.165) is 11.1 Å². The highest BCUT2D eigenvalue weighted by atomic mass is 16.4. The van der Waals surface area contributed by atoms with Crippen LogP contribution >= 0.6 is 0 Å². The molecule has 0 fully saturated rings. The molecule has 108 valence electrons. The van der Waals surface area contributed by atoms with Crippen LogP contribution < -0.4 is 0 Å². The van der Waals surface area contributed by atoms with Crippen LogP contribution in [0.1, 0.15) is 21.5 Å². The number of fused-ring (bicyclic) bond motifs is 1. The van der Waals surface area contributed by atoms with Crippen LogP contribution in [0.15, 0.2) is 24.5 Å². The summed E-state index contributed by atoms with van der Waals surface area (Å²) >= 11 is 0. The Balaban J connectivity index is 1.77. The minimum atomic E-state index is -0.930. The molecule has 1 aromatic carbocycles. The standard InChI is InChI=1S/C13H13N5O3/c19-12(7-18-8-14-15-16-18)17-5-4-10-9(6-17)2-1-3-11(10)13(20)21/h1-3,8H,4-7H2,(H,20,21). The van der Waals surface area contributed by atoms with E-state index in [2.05, 4.69) is 15.5 Å². The zero-order valence-electron chi connectivity index (χ0n) is 11.1. The Hall–Kier alpha value is -2.77. The fourth-order valence-electron chi connectivity index (χ4n) is 2.51. The van der Waals surface area contributed by atoms with Gasteiger partial charge in [0.25, 0.3) is 0 Å². The van der Waals surface area contributed by atoms with Crippen molar-refractivity contribution in [3.63, 3.8) is 0 Å². The van der Waals surface area contributed by atoms with Crippen molar-refractivity contribution in [2.24, 2.45) is 0 Å². The maximum absolute atomic E-state index is 12.2. The van der Waals surface area contributed by atoms with Gasteiger partial charge >= 0.3 is 5.97 Å². The van der Waals surface area contributed by atoms with Crippen LogP contribution in [0.2, 0.25) is 0 Å². The second-order valence-corrected chi connectivity index (χ2v) is 4.82. The number of aromatic carboxylic acids is 1. The Morgan fingerprint density at radius 3 is 2.90 bits per heavy atom. The molecule has 0 saturated carbocycles. The largest absolute Gasteiger partial charge is 0.478 e. The first kappa shape index (κ1) is 13.2. The van der Waals surface area contributed by atoms with Gasteiger partial charge in [-0.2, -0.15) is 0 Å². The molecule has 3 rings (SSSR count). The molecular weight excluding hydrogens is 274 g/mol. The quantitative estimate of drug-likeness (QED) is 0.849. The van der Waals surface area contributed by atoms with Gasteiger partial charge in [0.1, 0.15) is 12.9 Å². The predicted molar refractivity (Wildman–Crippen MR) is 70.3 cm³/mol. The average molecular weight is 287 g/mol. The number of amides is 1. The van der Waals surface area contributed by atoms with Crippen molar-refractivity contribution in [1.29, 1.82) is 0 Å². The van der Waals surface area contributed by atoms with Crippen LogP contribution in [-0.4, -0.2) is 48.6 Å². The number of rotatable bonds is 3. The molecule has 0 atom stereocenters. The first-order valence-corrected chi connectivity index (χ1v) is 6.48. The van der Waals surface area contributed by atoms with Crippen molar-refractivity contribution in [1.82, 2.24) is 25.1 Å². The van der Waals surface area contributed by atoms with E-state index in [1.165, 1.54) is 11.0 Å². The number of benzene rings is 1. The van der Waals surface area contributed by atoms with E-state index < -0.39 is 5.97 Å². The highest BCUT2D eigenvalue weighted by Gasteiger charge is 2.24. The Kier molecular flexibility index (Phi) is 3.35. The lowest BCUT2D eigenvalue weighted by Crippen LogP contribution is -2.38. The fourth-order valence-corrected chi connectivity index (χ4v) is 2.51. The number of nitrogens with zero attached hydrogens (tertiary/aromatic N) is 5. The highest BCUT2D eigenvalue weighted by Crippen LogP contribution is 2.22. The summed E-state index contributed by atoms with van der Waals surface area (Å²) < 4.78 is 1.37. The molecule has 0 bridgehead atoms. The van der Waals surface area contributed by atoms with Gasteiger partial charge in [0, 0.05) is 13.1 Å².